The Morgan fingerprint density at radius 2 is 2.00 bits per heavy atom. The van der Waals surface area contributed by atoms with Gasteiger partial charge in [-0.05, 0) is 30.3 Å². The Hall–Kier alpha value is -2.67. The van der Waals surface area contributed by atoms with Crippen molar-refractivity contribution in [2.24, 2.45) is 0 Å². The maximum Gasteiger partial charge on any atom is 0.337 e. The largest absolute Gasteiger partial charge is 0.465 e. The van der Waals surface area contributed by atoms with Gasteiger partial charge in [-0.1, -0.05) is 41.4 Å². The SMILES string of the molecule is COC(=O)c1ccc2c(=O)[nH]c(/C(Cl)=C/c3sc4ccccc4c3Cl)nc2c1. The molecule has 0 aliphatic carbocycles. The number of hydrogen-bond acceptors (Lipinski definition) is 5. The van der Waals surface area contributed by atoms with E-state index in [9.17, 15) is 9.59 Å². The Kier molecular flexibility index (Phi) is 4.93. The second kappa shape index (κ2) is 7.39. The third-order valence-electron chi connectivity index (χ3n) is 4.17. The third-order valence-corrected chi connectivity index (χ3v) is 6.10. The Bertz CT molecular complexity index is 1320. The number of rotatable bonds is 3. The van der Waals surface area contributed by atoms with E-state index in [1.807, 2.05) is 24.3 Å². The summed E-state index contributed by atoms with van der Waals surface area (Å²) in [5, 5.41) is 2.11. The summed E-state index contributed by atoms with van der Waals surface area (Å²) in [5.74, 6) is -0.320. The molecule has 2 aromatic carbocycles. The lowest BCUT2D eigenvalue weighted by Gasteiger charge is -2.04. The van der Waals surface area contributed by atoms with Crippen molar-refractivity contribution in [3.05, 3.63) is 74.1 Å². The molecule has 0 aliphatic heterocycles. The number of H-pyrrole nitrogens is 1. The number of ether oxygens (including phenoxy) is 1. The molecule has 0 spiro atoms. The molecule has 0 bridgehead atoms. The van der Waals surface area contributed by atoms with Gasteiger partial charge in [0.05, 0.1) is 33.6 Å². The number of benzene rings is 2. The average molecular weight is 431 g/mol. The molecule has 0 amide bonds. The fourth-order valence-corrected chi connectivity index (χ4v) is 4.50. The molecule has 2 aromatic heterocycles. The number of nitrogens with one attached hydrogen (secondary N) is 1. The molecule has 0 atom stereocenters. The summed E-state index contributed by atoms with van der Waals surface area (Å²) in [6, 6.07) is 12.3. The summed E-state index contributed by atoms with van der Waals surface area (Å²) >= 11 is 14.4. The van der Waals surface area contributed by atoms with Crippen molar-refractivity contribution < 1.29 is 9.53 Å². The van der Waals surface area contributed by atoms with E-state index in [0.29, 0.717) is 21.5 Å². The van der Waals surface area contributed by atoms with Crippen molar-refractivity contribution in [2.45, 2.75) is 0 Å². The number of methoxy groups -OCH3 is 1. The van der Waals surface area contributed by atoms with Crippen molar-refractivity contribution in [1.29, 1.82) is 0 Å². The van der Waals surface area contributed by atoms with E-state index < -0.39 is 5.97 Å². The number of halogens is 2. The summed E-state index contributed by atoms with van der Waals surface area (Å²) < 4.78 is 5.74. The quantitative estimate of drug-likeness (QED) is 0.446. The summed E-state index contributed by atoms with van der Waals surface area (Å²) in [4.78, 5) is 32.0. The molecule has 140 valence electrons. The molecule has 0 fully saturated rings. The number of carbonyl (C=O) groups is 1. The van der Waals surface area contributed by atoms with Crippen LogP contribution in [0.5, 0.6) is 0 Å². The van der Waals surface area contributed by atoms with Gasteiger partial charge >= 0.3 is 5.97 Å². The molecule has 4 aromatic rings. The Labute approximate surface area is 173 Å². The van der Waals surface area contributed by atoms with E-state index in [4.69, 9.17) is 27.9 Å². The number of fused-ring (bicyclic) bond motifs is 2. The second-order valence-corrected chi connectivity index (χ2v) is 7.78. The molecular weight excluding hydrogens is 419 g/mol. The number of aromatic amines is 1. The van der Waals surface area contributed by atoms with E-state index in [1.165, 1.54) is 36.6 Å². The summed E-state index contributed by atoms with van der Waals surface area (Å²) in [6.07, 6.45) is 1.67. The van der Waals surface area contributed by atoms with Crippen molar-refractivity contribution in [2.75, 3.05) is 7.11 Å². The number of esters is 1. The lowest BCUT2D eigenvalue weighted by molar-refractivity contribution is 0.0601. The molecule has 0 aliphatic rings. The maximum absolute atomic E-state index is 12.4. The van der Waals surface area contributed by atoms with Gasteiger partial charge in [-0.2, -0.15) is 0 Å². The molecule has 0 unspecified atom stereocenters. The summed E-state index contributed by atoms with van der Waals surface area (Å²) in [6.45, 7) is 0. The highest BCUT2D eigenvalue weighted by molar-refractivity contribution is 7.20. The van der Waals surface area contributed by atoms with Crippen LogP contribution in [-0.4, -0.2) is 23.0 Å². The lowest BCUT2D eigenvalue weighted by atomic mass is 10.1. The molecule has 0 radical (unpaired) electrons. The van der Waals surface area contributed by atoms with Gasteiger partial charge in [0, 0.05) is 15.0 Å². The molecule has 0 saturated heterocycles. The summed E-state index contributed by atoms with van der Waals surface area (Å²) in [7, 11) is 1.29. The van der Waals surface area contributed by atoms with Gasteiger partial charge in [-0.25, -0.2) is 9.78 Å². The number of hydrogen-bond donors (Lipinski definition) is 1. The van der Waals surface area contributed by atoms with Crippen LogP contribution in [-0.2, 0) is 4.74 Å². The van der Waals surface area contributed by atoms with Crippen molar-refractivity contribution in [1.82, 2.24) is 9.97 Å². The first-order chi connectivity index (χ1) is 13.5. The second-order valence-electron chi connectivity index (χ2n) is 5.91. The topological polar surface area (TPSA) is 72.1 Å². The van der Waals surface area contributed by atoms with Crippen molar-refractivity contribution >= 4 is 72.6 Å². The number of aromatic nitrogens is 2. The highest BCUT2D eigenvalue weighted by Crippen LogP contribution is 2.37. The minimum Gasteiger partial charge on any atom is -0.465 e. The van der Waals surface area contributed by atoms with E-state index in [1.54, 1.807) is 6.08 Å². The van der Waals surface area contributed by atoms with E-state index in [2.05, 4.69) is 9.97 Å². The highest BCUT2D eigenvalue weighted by atomic mass is 35.5. The van der Waals surface area contributed by atoms with Crippen LogP contribution < -0.4 is 5.56 Å². The van der Waals surface area contributed by atoms with Crippen LogP contribution in [0.2, 0.25) is 5.02 Å². The van der Waals surface area contributed by atoms with Gasteiger partial charge in [0.2, 0.25) is 0 Å². The van der Waals surface area contributed by atoms with Crippen molar-refractivity contribution in [3.63, 3.8) is 0 Å². The van der Waals surface area contributed by atoms with Gasteiger partial charge in [0.15, 0.2) is 5.82 Å². The number of carbonyl (C=O) groups excluding carboxylic acids is 1. The third kappa shape index (κ3) is 3.30. The van der Waals surface area contributed by atoms with Crippen LogP contribution in [0.1, 0.15) is 21.1 Å². The van der Waals surface area contributed by atoms with Gasteiger partial charge < -0.3 is 9.72 Å². The lowest BCUT2D eigenvalue weighted by Crippen LogP contribution is -2.11. The number of nitrogens with zero attached hydrogens (tertiary/aromatic N) is 1. The normalized spacial score (nSPS) is 11.9. The molecule has 0 saturated carbocycles. The molecule has 2 heterocycles. The Balaban J connectivity index is 1.82. The smallest absolute Gasteiger partial charge is 0.337 e. The van der Waals surface area contributed by atoms with E-state index in [0.717, 1.165) is 15.0 Å². The molecule has 28 heavy (non-hydrogen) atoms. The Morgan fingerprint density at radius 3 is 2.75 bits per heavy atom. The highest BCUT2D eigenvalue weighted by Gasteiger charge is 2.13. The minimum absolute atomic E-state index is 0.190. The monoisotopic (exact) mass is 430 g/mol. The first kappa shape index (κ1) is 18.7. The average Bonchev–Trinajstić information content (AvgIpc) is 3.02. The zero-order valence-corrected chi connectivity index (χ0v) is 16.8. The molecule has 8 heteroatoms. The van der Waals surface area contributed by atoms with Crippen molar-refractivity contribution in [3.8, 4) is 0 Å². The molecular formula is C20H12Cl2N2O3S. The van der Waals surface area contributed by atoms with Crippen LogP contribution in [0.4, 0.5) is 0 Å². The zero-order chi connectivity index (χ0) is 19.8. The first-order valence-corrected chi connectivity index (χ1v) is 9.72. The van der Waals surface area contributed by atoms with Crippen LogP contribution in [0.3, 0.4) is 0 Å². The van der Waals surface area contributed by atoms with Crippen LogP contribution in [0.25, 0.3) is 32.1 Å². The summed E-state index contributed by atoms with van der Waals surface area (Å²) in [5.41, 5.74) is 0.285. The predicted molar refractivity (Wildman–Crippen MR) is 114 cm³/mol. The van der Waals surface area contributed by atoms with Gasteiger partial charge in [-0.3, -0.25) is 4.79 Å². The zero-order valence-electron chi connectivity index (χ0n) is 14.5. The molecule has 4 rings (SSSR count). The van der Waals surface area contributed by atoms with Crippen LogP contribution >= 0.6 is 34.5 Å². The van der Waals surface area contributed by atoms with E-state index >= 15 is 0 Å². The maximum atomic E-state index is 12.4. The van der Waals surface area contributed by atoms with E-state index in [-0.39, 0.29) is 16.4 Å². The van der Waals surface area contributed by atoms with Gasteiger partial charge in [-0.15, -0.1) is 11.3 Å². The minimum atomic E-state index is -0.510. The first-order valence-electron chi connectivity index (χ1n) is 8.15. The standard InChI is InChI=1S/C20H12Cl2N2O3S/c1-27-20(26)10-6-7-11-14(8-10)23-18(24-19(11)25)13(21)9-16-17(22)12-4-2-3-5-15(12)28-16/h2-9H,1H3,(H,23,24,25)/b13-9-. The Morgan fingerprint density at radius 1 is 1.21 bits per heavy atom. The van der Waals surface area contributed by atoms with Crippen LogP contribution in [0.15, 0.2) is 47.3 Å². The van der Waals surface area contributed by atoms with Crippen LogP contribution in [0, 0.1) is 0 Å². The predicted octanol–water partition coefficient (Wildman–Crippen LogP) is 5.31. The molecule has 5 nitrogen and oxygen atoms in total. The number of thiophene rings is 1. The molecule has 1 N–H and O–H groups in total. The fraction of sp³-hybridized carbons (Fsp3) is 0.0500. The van der Waals surface area contributed by atoms with Gasteiger partial charge in [0.25, 0.3) is 5.56 Å². The van der Waals surface area contributed by atoms with Gasteiger partial charge in [0.1, 0.15) is 0 Å². The fourth-order valence-electron chi connectivity index (χ4n) is 2.81.